The molecule has 0 amide bonds. The molecule has 0 spiro atoms. The SMILES string of the molecule is CNC1c2cc(Br)cc(Cl)c2CSC1C(C)C. The van der Waals surface area contributed by atoms with Crippen LogP contribution in [0.4, 0.5) is 0 Å². The largest absolute Gasteiger partial charge is 0.312 e. The van der Waals surface area contributed by atoms with Crippen molar-refractivity contribution in [3.8, 4) is 0 Å². The van der Waals surface area contributed by atoms with Crippen molar-refractivity contribution in [1.82, 2.24) is 5.32 Å². The van der Waals surface area contributed by atoms with E-state index in [-0.39, 0.29) is 0 Å². The molecule has 2 atom stereocenters. The van der Waals surface area contributed by atoms with Gasteiger partial charge in [-0.1, -0.05) is 41.4 Å². The van der Waals surface area contributed by atoms with E-state index in [1.54, 1.807) is 0 Å². The Labute approximate surface area is 121 Å². The second-order valence-electron chi connectivity index (χ2n) is 4.74. The zero-order chi connectivity index (χ0) is 12.6. The molecule has 0 saturated heterocycles. The molecule has 2 rings (SSSR count). The Hall–Kier alpha value is 0.300. The van der Waals surface area contributed by atoms with Crippen molar-refractivity contribution < 1.29 is 0 Å². The molecule has 2 unspecified atom stereocenters. The number of halogens is 2. The van der Waals surface area contributed by atoms with Gasteiger partial charge in [0, 0.05) is 26.5 Å². The highest BCUT2D eigenvalue weighted by Gasteiger charge is 2.32. The molecule has 0 bridgehead atoms. The molecular weight excluding hydrogens is 318 g/mol. The summed E-state index contributed by atoms with van der Waals surface area (Å²) >= 11 is 11.9. The molecule has 1 aromatic carbocycles. The van der Waals surface area contributed by atoms with Crippen LogP contribution in [0, 0.1) is 5.92 Å². The van der Waals surface area contributed by atoms with Crippen LogP contribution in [0.1, 0.15) is 31.0 Å². The molecule has 0 aromatic heterocycles. The van der Waals surface area contributed by atoms with Crippen LogP contribution in [0.2, 0.25) is 5.02 Å². The molecule has 94 valence electrons. The van der Waals surface area contributed by atoms with Gasteiger partial charge in [0.2, 0.25) is 0 Å². The van der Waals surface area contributed by atoms with Gasteiger partial charge in [0.15, 0.2) is 0 Å². The first-order valence-corrected chi connectivity index (χ1v) is 8.03. The molecule has 1 aromatic rings. The lowest BCUT2D eigenvalue weighted by molar-refractivity contribution is 0.466. The van der Waals surface area contributed by atoms with Crippen LogP contribution in [0.3, 0.4) is 0 Å². The Morgan fingerprint density at radius 3 is 2.76 bits per heavy atom. The van der Waals surface area contributed by atoms with E-state index in [1.807, 2.05) is 24.9 Å². The zero-order valence-corrected chi connectivity index (χ0v) is 13.4. The maximum atomic E-state index is 6.33. The second kappa shape index (κ2) is 5.52. The molecule has 0 fully saturated rings. The Morgan fingerprint density at radius 1 is 1.47 bits per heavy atom. The van der Waals surface area contributed by atoms with E-state index in [0.29, 0.717) is 17.2 Å². The van der Waals surface area contributed by atoms with Crippen molar-refractivity contribution in [3.63, 3.8) is 0 Å². The summed E-state index contributed by atoms with van der Waals surface area (Å²) in [5.41, 5.74) is 2.64. The number of nitrogens with one attached hydrogen (secondary N) is 1. The standard InChI is InChI=1S/C13H17BrClNS/c1-7(2)13-12(16-3)9-4-8(14)5-11(15)10(9)6-17-13/h4-5,7,12-13,16H,6H2,1-3H3. The number of hydrogen-bond donors (Lipinski definition) is 1. The van der Waals surface area contributed by atoms with E-state index in [2.05, 4.69) is 41.2 Å². The fraction of sp³-hybridized carbons (Fsp3) is 0.538. The molecule has 1 aliphatic heterocycles. The Morgan fingerprint density at radius 2 is 2.18 bits per heavy atom. The minimum absolute atomic E-state index is 0.388. The molecule has 0 radical (unpaired) electrons. The smallest absolute Gasteiger partial charge is 0.0460 e. The third-order valence-corrected chi connectivity index (χ3v) is 5.70. The van der Waals surface area contributed by atoms with Crippen molar-refractivity contribution >= 4 is 39.3 Å². The zero-order valence-electron chi connectivity index (χ0n) is 10.3. The van der Waals surface area contributed by atoms with Crippen molar-refractivity contribution in [1.29, 1.82) is 0 Å². The van der Waals surface area contributed by atoms with E-state index < -0.39 is 0 Å². The first-order valence-electron chi connectivity index (χ1n) is 5.81. The lowest BCUT2D eigenvalue weighted by atomic mass is 9.92. The van der Waals surface area contributed by atoms with E-state index >= 15 is 0 Å². The number of benzene rings is 1. The summed E-state index contributed by atoms with van der Waals surface area (Å²) in [7, 11) is 2.03. The highest BCUT2D eigenvalue weighted by Crippen LogP contribution is 2.44. The van der Waals surface area contributed by atoms with Gasteiger partial charge in [-0.3, -0.25) is 0 Å². The molecular formula is C13H17BrClNS. The van der Waals surface area contributed by atoms with Crippen LogP contribution >= 0.6 is 39.3 Å². The van der Waals surface area contributed by atoms with Gasteiger partial charge in [-0.2, -0.15) is 11.8 Å². The van der Waals surface area contributed by atoms with Crippen molar-refractivity contribution in [2.24, 2.45) is 5.92 Å². The summed E-state index contributed by atoms with van der Waals surface area (Å²) < 4.78 is 1.07. The summed E-state index contributed by atoms with van der Waals surface area (Å²) in [6.45, 7) is 4.57. The quantitative estimate of drug-likeness (QED) is 0.846. The van der Waals surface area contributed by atoms with Gasteiger partial charge >= 0.3 is 0 Å². The predicted molar refractivity (Wildman–Crippen MR) is 80.9 cm³/mol. The molecule has 0 aliphatic carbocycles. The number of fused-ring (bicyclic) bond motifs is 1. The summed E-state index contributed by atoms with van der Waals surface area (Å²) in [5, 5.41) is 4.93. The number of hydrogen-bond acceptors (Lipinski definition) is 2. The highest BCUT2D eigenvalue weighted by molar-refractivity contribution is 9.10. The minimum Gasteiger partial charge on any atom is -0.312 e. The van der Waals surface area contributed by atoms with Crippen molar-refractivity contribution in [2.45, 2.75) is 30.9 Å². The van der Waals surface area contributed by atoms with Crippen molar-refractivity contribution in [3.05, 3.63) is 32.8 Å². The monoisotopic (exact) mass is 333 g/mol. The van der Waals surface area contributed by atoms with Crippen LogP contribution in [-0.4, -0.2) is 12.3 Å². The normalized spacial score (nSPS) is 23.9. The Kier molecular flexibility index (Phi) is 4.45. The summed E-state index contributed by atoms with van der Waals surface area (Å²) in [5.74, 6) is 1.67. The van der Waals surface area contributed by atoms with Gasteiger partial charge in [0.1, 0.15) is 0 Å². The molecule has 17 heavy (non-hydrogen) atoms. The Bertz CT molecular complexity index is 422. The number of rotatable bonds is 2. The van der Waals surface area contributed by atoms with E-state index in [0.717, 1.165) is 15.2 Å². The average Bonchev–Trinajstić information content (AvgIpc) is 2.26. The van der Waals surface area contributed by atoms with E-state index in [9.17, 15) is 0 Å². The minimum atomic E-state index is 0.388. The van der Waals surface area contributed by atoms with Gasteiger partial charge < -0.3 is 5.32 Å². The van der Waals surface area contributed by atoms with Crippen LogP contribution in [0.5, 0.6) is 0 Å². The first kappa shape index (κ1) is 13.7. The van der Waals surface area contributed by atoms with Gasteiger partial charge in [-0.05, 0) is 36.2 Å². The molecule has 1 heterocycles. The average molecular weight is 335 g/mol. The van der Waals surface area contributed by atoms with E-state index in [4.69, 9.17) is 11.6 Å². The van der Waals surface area contributed by atoms with Crippen molar-refractivity contribution in [2.75, 3.05) is 7.05 Å². The maximum Gasteiger partial charge on any atom is 0.0460 e. The third kappa shape index (κ3) is 2.67. The number of thioether (sulfide) groups is 1. The van der Waals surface area contributed by atoms with Crippen LogP contribution < -0.4 is 5.32 Å². The first-order chi connectivity index (χ1) is 8.04. The molecule has 0 saturated carbocycles. The maximum absolute atomic E-state index is 6.33. The van der Waals surface area contributed by atoms with Gasteiger partial charge in [0.25, 0.3) is 0 Å². The third-order valence-electron chi connectivity index (χ3n) is 3.25. The summed E-state index contributed by atoms with van der Waals surface area (Å²) in [6.07, 6.45) is 0. The fourth-order valence-electron chi connectivity index (χ4n) is 2.40. The molecule has 4 heteroatoms. The fourth-order valence-corrected chi connectivity index (χ4v) is 4.92. The van der Waals surface area contributed by atoms with Gasteiger partial charge in [-0.15, -0.1) is 0 Å². The lowest BCUT2D eigenvalue weighted by Gasteiger charge is -2.36. The summed E-state index contributed by atoms with van der Waals surface area (Å²) in [6, 6.07) is 4.58. The Balaban J connectivity index is 2.47. The van der Waals surface area contributed by atoms with Crippen LogP contribution in [0.25, 0.3) is 0 Å². The second-order valence-corrected chi connectivity index (χ2v) is 7.23. The van der Waals surface area contributed by atoms with Gasteiger partial charge in [-0.25, -0.2) is 0 Å². The summed E-state index contributed by atoms with van der Waals surface area (Å²) in [4.78, 5) is 0. The predicted octanol–water partition coefficient (Wildman–Crippen LogP) is 4.63. The van der Waals surface area contributed by atoms with Crippen LogP contribution in [0.15, 0.2) is 16.6 Å². The topological polar surface area (TPSA) is 12.0 Å². The van der Waals surface area contributed by atoms with E-state index in [1.165, 1.54) is 11.1 Å². The van der Waals surface area contributed by atoms with Gasteiger partial charge in [0.05, 0.1) is 0 Å². The highest BCUT2D eigenvalue weighted by atomic mass is 79.9. The molecule has 1 aliphatic rings. The lowest BCUT2D eigenvalue weighted by Crippen LogP contribution is -2.34. The molecule has 1 N–H and O–H groups in total. The van der Waals surface area contributed by atoms with Crippen LogP contribution in [-0.2, 0) is 5.75 Å². The molecule has 1 nitrogen and oxygen atoms in total.